The molecule has 0 spiro atoms. The zero-order chi connectivity index (χ0) is 14.8. The van der Waals surface area contributed by atoms with Gasteiger partial charge in [-0.2, -0.15) is 13.2 Å². The van der Waals surface area contributed by atoms with Crippen LogP contribution in [0.4, 0.5) is 13.2 Å². The average molecular weight is 286 g/mol. The van der Waals surface area contributed by atoms with Crippen LogP contribution in [0.5, 0.6) is 0 Å². The highest BCUT2D eigenvalue weighted by atomic mass is 19.4. The number of carbonyl (C=O) groups excluding carboxylic acids is 2. The van der Waals surface area contributed by atoms with Crippen molar-refractivity contribution in [3.05, 3.63) is 35.4 Å². The monoisotopic (exact) mass is 286 g/mol. The molecule has 1 fully saturated rings. The molecule has 1 N–H and O–H groups in total. The van der Waals surface area contributed by atoms with E-state index < -0.39 is 11.7 Å². The van der Waals surface area contributed by atoms with Crippen molar-refractivity contribution in [2.24, 2.45) is 0 Å². The molecule has 2 rings (SSSR count). The molecule has 1 aliphatic rings. The molecule has 1 aromatic rings. The number of carbonyl (C=O) groups is 2. The molecular weight excluding hydrogens is 273 g/mol. The van der Waals surface area contributed by atoms with E-state index in [-0.39, 0.29) is 24.9 Å². The molecule has 1 saturated heterocycles. The third-order valence-corrected chi connectivity index (χ3v) is 3.03. The fraction of sp³-hybridized carbons (Fsp3) is 0.385. The number of benzene rings is 1. The van der Waals surface area contributed by atoms with Crippen molar-refractivity contribution in [2.45, 2.75) is 19.1 Å². The molecule has 0 saturated carbocycles. The Bertz CT molecular complexity index is 529. The van der Waals surface area contributed by atoms with Gasteiger partial charge in [0.25, 0.3) is 0 Å². The lowest BCUT2D eigenvalue weighted by molar-refractivity contribution is -0.143. The van der Waals surface area contributed by atoms with Gasteiger partial charge in [0.1, 0.15) is 0 Å². The molecular formula is C13H13F3N2O2. The van der Waals surface area contributed by atoms with Gasteiger partial charge in [-0.25, -0.2) is 0 Å². The topological polar surface area (TPSA) is 49.4 Å². The summed E-state index contributed by atoms with van der Waals surface area (Å²) in [6.45, 7) is 0.512. The van der Waals surface area contributed by atoms with Crippen molar-refractivity contribution in [3.8, 4) is 0 Å². The fourth-order valence-corrected chi connectivity index (χ4v) is 1.82. The van der Waals surface area contributed by atoms with Crippen molar-refractivity contribution in [2.75, 3.05) is 13.1 Å². The summed E-state index contributed by atoms with van der Waals surface area (Å²) in [4.78, 5) is 23.9. The van der Waals surface area contributed by atoms with Gasteiger partial charge in [0, 0.05) is 19.5 Å². The molecule has 7 heteroatoms. The molecule has 0 bridgehead atoms. The number of hydrogen-bond acceptors (Lipinski definition) is 2. The largest absolute Gasteiger partial charge is 0.416 e. The number of halogens is 3. The first-order valence-electron chi connectivity index (χ1n) is 6.07. The van der Waals surface area contributed by atoms with E-state index in [4.69, 9.17) is 0 Å². The Kier molecular flexibility index (Phi) is 3.96. The molecule has 0 atom stereocenters. The first-order chi connectivity index (χ1) is 9.36. The van der Waals surface area contributed by atoms with Crippen LogP contribution in [0.2, 0.25) is 0 Å². The van der Waals surface area contributed by atoms with Crippen molar-refractivity contribution >= 4 is 11.8 Å². The Morgan fingerprint density at radius 2 is 2.10 bits per heavy atom. The molecule has 0 aliphatic carbocycles. The average Bonchev–Trinajstić information content (AvgIpc) is 2.40. The number of rotatable bonds is 4. The van der Waals surface area contributed by atoms with Crippen molar-refractivity contribution in [3.63, 3.8) is 0 Å². The summed E-state index contributed by atoms with van der Waals surface area (Å²) in [6, 6.07) is 4.77. The van der Waals surface area contributed by atoms with Crippen LogP contribution in [0.3, 0.4) is 0 Å². The predicted octanol–water partition coefficient (Wildman–Crippen LogP) is 1.55. The normalized spacial score (nSPS) is 14.9. The Hall–Kier alpha value is -2.05. The number of hydrogen-bond donors (Lipinski definition) is 1. The van der Waals surface area contributed by atoms with Gasteiger partial charge in [-0.05, 0) is 17.7 Å². The van der Waals surface area contributed by atoms with E-state index in [0.717, 1.165) is 12.1 Å². The van der Waals surface area contributed by atoms with E-state index in [1.165, 1.54) is 17.0 Å². The van der Waals surface area contributed by atoms with E-state index in [0.29, 0.717) is 18.5 Å². The van der Waals surface area contributed by atoms with Gasteiger partial charge in [0.15, 0.2) is 0 Å². The lowest BCUT2D eigenvalue weighted by Crippen LogP contribution is -2.48. The summed E-state index contributed by atoms with van der Waals surface area (Å²) < 4.78 is 37.5. The van der Waals surface area contributed by atoms with E-state index in [1.54, 1.807) is 0 Å². The van der Waals surface area contributed by atoms with Crippen LogP contribution >= 0.6 is 0 Å². The Labute approximate surface area is 113 Å². The van der Waals surface area contributed by atoms with Crippen molar-refractivity contribution < 1.29 is 22.8 Å². The second-order valence-corrected chi connectivity index (χ2v) is 4.54. The summed E-state index contributed by atoms with van der Waals surface area (Å²) in [6.07, 6.45) is -3.95. The minimum absolute atomic E-state index is 0.00475. The second-order valence-electron chi connectivity index (χ2n) is 4.54. The lowest BCUT2D eigenvalue weighted by Gasteiger charge is -2.29. The first kappa shape index (κ1) is 14.4. The number of alkyl halides is 3. The molecule has 0 radical (unpaired) electrons. The van der Waals surface area contributed by atoms with Crippen LogP contribution in [0.25, 0.3) is 0 Å². The standard InChI is InChI=1S/C13H13F3N2O2/c14-13(15,16)10-3-1-2-9(6-10)7-17-11(19)8-18-5-4-12(18)20/h1-3,6H,4-5,7-8H2,(H,17,19). The van der Waals surface area contributed by atoms with E-state index in [2.05, 4.69) is 5.32 Å². The highest BCUT2D eigenvalue weighted by molar-refractivity contribution is 5.88. The maximum Gasteiger partial charge on any atom is 0.416 e. The van der Waals surface area contributed by atoms with Crippen LogP contribution in [0.1, 0.15) is 17.5 Å². The van der Waals surface area contributed by atoms with Gasteiger partial charge >= 0.3 is 6.18 Å². The van der Waals surface area contributed by atoms with Crippen LogP contribution < -0.4 is 5.32 Å². The summed E-state index contributed by atoms with van der Waals surface area (Å²) in [5.74, 6) is -0.463. The van der Waals surface area contributed by atoms with Crippen LogP contribution in [0.15, 0.2) is 24.3 Å². The molecule has 1 aliphatic heterocycles. The molecule has 20 heavy (non-hydrogen) atoms. The predicted molar refractivity (Wildman–Crippen MR) is 64.5 cm³/mol. The number of nitrogens with zero attached hydrogens (tertiary/aromatic N) is 1. The lowest BCUT2D eigenvalue weighted by atomic mass is 10.1. The molecule has 1 heterocycles. The van der Waals surface area contributed by atoms with E-state index in [1.807, 2.05) is 0 Å². The zero-order valence-corrected chi connectivity index (χ0v) is 10.5. The number of amides is 2. The summed E-state index contributed by atoms with van der Waals surface area (Å²) in [5.41, 5.74) is -0.384. The van der Waals surface area contributed by atoms with Crippen LogP contribution in [-0.4, -0.2) is 29.8 Å². The SMILES string of the molecule is O=C(CN1CCC1=O)NCc1cccc(C(F)(F)F)c1. The van der Waals surface area contributed by atoms with Crippen molar-refractivity contribution in [1.82, 2.24) is 10.2 Å². The summed E-state index contributed by atoms with van der Waals surface area (Å²) >= 11 is 0. The Balaban J connectivity index is 1.87. The fourth-order valence-electron chi connectivity index (χ4n) is 1.82. The van der Waals surface area contributed by atoms with Gasteiger partial charge in [0.05, 0.1) is 12.1 Å². The molecule has 108 valence electrons. The smallest absolute Gasteiger partial charge is 0.350 e. The second kappa shape index (κ2) is 5.52. The minimum Gasteiger partial charge on any atom is -0.350 e. The number of likely N-dealkylation sites (tertiary alicyclic amines) is 1. The van der Waals surface area contributed by atoms with Crippen LogP contribution in [0, 0.1) is 0 Å². The third kappa shape index (κ3) is 3.49. The molecule has 4 nitrogen and oxygen atoms in total. The van der Waals surface area contributed by atoms with Crippen molar-refractivity contribution in [1.29, 1.82) is 0 Å². The highest BCUT2D eigenvalue weighted by Crippen LogP contribution is 2.29. The number of β-lactam (4-membered cyclic amide) rings is 1. The Morgan fingerprint density at radius 1 is 1.35 bits per heavy atom. The van der Waals surface area contributed by atoms with Crippen LogP contribution in [-0.2, 0) is 22.3 Å². The summed E-state index contributed by atoms with van der Waals surface area (Å²) in [7, 11) is 0. The molecule has 1 aromatic carbocycles. The highest BCUT2D eigenvalue weighted by Gasteiger charge is 2.30. The first-order valence-corrected chi connectivity index (χ1v) is 6.07. The van der Waals surface area contributed by atoms with Gasteiger partial charge in [0.2, 0.25) is 11.8 Å². The third-order valence-electron chi connectivity index (χ3n) is 3.03. The maximum atomic E-state index is 12.5. The van der Waals surface area contributed by atoms with Gasteiger partial charge in [-0.1, -0.05) is 12.1 Å². The Morgan fingerprint density at radius 3 is 2.65 bits per heavy atom. The quantitative estimate of drug-likeness (QED) is 0.854. The molecule has 2 amide bonds. The maximum absolute atomic E-state index is 12.5. The van der Waals surface area contributed by atoms with Gasteiger partial charge in [-0.3, -0.25) is 9.59 Å². The van der Waals surface area contributed by atoms with Gasteiger partial charge in [-0.15, -0.1) is 0 Å². The van der Waals surface area contributed by atoms with E-state index in [9.17, 15) is 22.8 Å². The molecule has 0 unspecified atom stereocenters. The minimum atomic E-state index is -4.40. The molecule has 0 aromatic heterocycles. The zero-order valence-electron chi connectivity index (χ0n) is 10.5. The summed E-state index contributed by atoms with van der Waals surface area (Å²) in [5, 5.41) is 2.50. The van der Waals surface area contributed by atoms with E-state index >= 15 is 0 Å². The number of nitrogens with one attached hydrogen (secondary N) is 1. The van der Waals surface area contributed by atoms with Gasteiger partial charge < -0.3 is 10.2 Å².